The van der Waals surface area contributed by atoms with Crippen LogP contribution in [-0.2, 0) is 11.3 Å². The van der Waals surface area contributed by atoms with Gasteiger partial charge in [-0.1, -0.05) is 0 Å². The minimum absolute atomic E-state index is 0.0287. The van der Waals surface area contributed by atoms with E-state index in [0.717, 1.165) is 10.7 Å². The van der Waals surface area contributed by atoms with Crippen LogP contribution in [0.15, 0.2) is 5.38 Å². The van der Waals surface area contributed by atoms with Crippen LogP contribution in [0.3, 0.4) is 0 Å². The van der Waals surface area contributed by atoms with E-state index in [0.29, 0.717) is 6.54 Å². The van der Waals surface area contributed by atoms with Crippen molar-refractivity contribution >= 4 is 23.3 Å². The van der Waals surface area contributed by atoms with Gasteiger partial charge in [-0.25, -0.2) is 14.6 Å². The van der Waals surface area contributed by atoms with E-state index in [1.165, 1.54) is 11.3 Å². The molecule has 1 aromatic rings. The second kappa shape index (κ2) is 6.92. The number of aliphatic hydroxyl groups is 1. The number of carboxylic acid groups (broad SMARTS) is 1. The van der Waals surface area contributed by atoms with Crippen molar-refractivity contribution in [1.29, 1.82) is 0 Å². The number of nitrogens with one attached hydrogen (secondary N) is 2. The first-order chi connectivity index (χ1) is 8.49. The monoisotopic (exact) mass is 273 g/mol. The first-order valence-electron chi connectivity index (χ1n) is 5.32. The normalized spacial score (nSPS) is 11.9. The molecule has 18 heavy (non-hydrogen) atoms. The number of thiazole rings is 1. The smallest absolute Gasteiger partial charge is 0.332 e. The summed E-state index contributed by atoms with van der Waals surface area (Å²) >= 11 is 1.45. The highest BCUT2D eigenvalue weighted by Crippen LogP contribution is 2.07. The summed E-state index contributed by atoms with van der Waals surface area (Å²) in [6.07, 6.45) is -1.48. The summed E-state index contributed by atoms with van der Waals surface area (Å²) in [6.45, 7) is 2.29. The molecule has 1 aromatic heterocycles. The van der Waals surface area contributed by atoms with Crippen LogP contribution in [0.4, 0.5) is 4.79 Å². The van der Waals surface area contributed by atoms with E-state index in [1.54, 1.807) is 0 Å². The third-order valence-electron chi connectivity index (χ3n) is 2.06. The summed E-state index contributed by atoms with van der Waals surface area (Å²) in [5, 5.41) is 25.1. The lowest BCUT2D eigenvalue weighted by Crippen LogP contribution is -2.37. The van der Waals surface area contributed by atoms with Gasteiger partial charge in [0.2, 0.25) is 0 Å². The van der Waals surface area contributed by atoms with Gasteiger partial charge in [-0.2, -0.15) is 0 Å². The number of nitrogens with zero attached hydrogens (tertiary/aromatic N) is 1. The molecule has 1 heterocycles. The number of aryl methyl sites for hydroxylation is 1. The number of carbonyl (C=O) groups is 2. The predicted octanol–water partition coefficient (Wildman–Crippen LogP) is 0.0863. The van der Waals surface area contributed by atoms with Crippen LogP contribution in [0.2, 0.25) is 0 Å². The van der Waals surface area contributed by atoms with Gasteiger partial charge < -0.3 is 20.8 Å². The predicted molar refractivity (Wildman–Crippen MR) is 65.3 cm³/mol. The molecule has 0 unspecified atom stereocenters. The lowest BCUT2D eigenvalue weighted by Gasteiger charge is -2.07. The summed E-state index contributed by atoms with van der Waals surface area (Å²) in [6, 6.07) is -0.416. The van der Waals surface area contributed by atoms with E-state index in [-0.39, 0.29) is 13.0 Å². The van der Waals surface area contributed by atoms with Gasteiger partial charge >= 0.3 is 12.0 Å². The molecule has 0 radical (unpaired) electrons. The number of hydrogen-bond acceptors (Lipinski definition) is 5. The molecule has 0 aliphatic carbocycles. The van der Waals surface area contributed by atoms with Crippen molar-refractivity contribution in [2.45, 2.75) is 26.0 Å². The molecule has 0 aliphatic rings. The van der Waals surface area contributed by atoms with Gasteiger partial charge in [0.25, 0.3) is 0 Å². The number of amides is 2. The van der Waals surface area contributed by atoms with Crippen molar-refractivity contribution in [3.8, 4) is 0 Å². The lowest BCUT2D eigenvalue weighted by atomic mass is 10.2. The Morgan fingerprint density at radius 2 is 2.22 bits per heavy atom. The molecular weight excluding hydrogens is 258 g/mol. The van der Waals surface area contributed by atoms with E-state index in [9.17, 15) is 9.59 Å². The number of hydrogen-bond donors (Lipinski definition) is 4. The number of rotatable bonds is 6. The molecule has 100 valence electrons. The number of urea groups is 1. The standard InChI is InChI=1S/C10H15N3O4S/c1-6-5-18-8(13-6)4-12-10(17)11-3-2-7(14)9(15)16/h5,7,14H,2-4H2,1H3,(H,15,16)(H2,11,12,17)/t7-/m0/s1. The highest BCUT2D eigenvalue weighted by atomic mass is 32.1. The van der Waals surface area contributed by atoms with Crippen LogP contribution in [0, 0.1) is 6.92 Å². The Balaban J connectivity index is 2.16. The minimum atomic E-state index is -1.45. The topological polar surface area (TPSA) is 112 Å². The van der Waals surface area contributed by atoms with Crippen LogP contribution >= 0.6 is 11.3 Å². The van der Waals surface area contributed by atoms with Crippen molar-refractivity contribution in [3.05, 3.63) is 16.1 Å². The fourth-order valence-corrected chi connectivity index (χ4v) is 1.86. The number of aliphatic carboxylic acids is 1. The highest BCUT2D eigenvalue weighted by molar-refractivity contribution is 7.09. The maximum absolute atomic E-state index is 11.3. The Bertz CT molecular complexity index is 421. The number of aliphatic hydroxyl groups excluding tert-OH is 1. The van der Waals surface area contributed by atoms with Crippen LogP contribution in [0.25, 0.3) is 0 Å². The first-order valence-corrected chi connectivity index (χ1v) is 6.20. The zero-order valence-electron chi connectivity index (χ0n) is 9.84. The molecule has 0 aromatic carbocycles. The summed E-state index contributed by atoms with van der Waals surface area (Å²) in [5.74, 6) is -1.30. The van der Waals surface area contributed by atoms with Gasteiger partial charge in [0.1, 0.15) is 5.01 Å². The SMILES string of the molecule is Cc1csc(CNC(=O)NCC[C@H](O)C(=O)O)n1. The number of carboxylic acids is 1. The fourth-order valence-electron chi connectivity index (χ4n) is 1.15. The molecule has 0 saturated heterocycles. The second-order valence-corrected chi connectivity index (χ2v) is 4.58. The van der Waals surface area contributed by atoms with Crippen LogP contribution in [0.5, 0.6) is 0 Å². The van der Waals surface area contributed by atoms with E-state index in [2.05, 4.69) is 15.6 Å². The maximum Gasteiger partial charge on any atom is 0.332 e. The Labute approximate surface area is 108 Å². The number of carbonyl (C=O) groups excluding carboxylic acids is 1. The fraction of sp³-hybridized carbons (Fsp3) is 0.500. The van der Waals surface area contributed by atoms with Crippen molar-refractivity contribution in [2.24, 2.45) is 0 Å². The average Bonchev–Trinajstić information content (AvgIpc) is 2.72. The molecule has 0 bridgehead atoms. The Morgan fingerprint density at radius 3 is 2.78 bits per heavy atom. The summed E-state index contributed by atoms with van der Waals surface area (Å²) < 4.78 is 0. The first kappa shape index (κ1) is 14.4. The molecule has 4 N–H and O–H groups in total. The number of aromatic nitrogens is 1. The van der Waals surface area contributed by atoms with E-state index in [1.807, 2.05) is 12.3 Å². The average molecular weight is 273 g/mol. The quantitative estimate of drug-likeness (QED) is 0.587. The van der Waals surface area contributed by atoms with Gasteiger partial charge in [0, 0.05) is 24.0 Å². The van der Waals surface area contributed by atoms with E-state index >= 15 is 0 Å². The molecule has 0 fully saturated rings. The summed E-state index contributed by atoms with van der Waals surface area (Å²) in [7, 11) is 0. The Morgan fingerprint density at radius 1 is 1.50 bits per heavy atom. The van der Waals surface area contributed by atoms with Gasteiger partial charge in [-0.15, -0.1) is 11.3 Å². The zero-order chi connectivity index (χ0) is 13.5. The molecule has 7 nitrogen and oxygen atoms in total. The molecule has 0 aliphatic heterocycles. The van der Waals surface area contributed by atoms with Gasteiger partial charge in [0.05, 0.1) is 6.54 Å². The Kier molecular flexibility index (Phi) is 5.53. The van der Waals surface area contributed by atoms with Crippen molar-refractivity contribution in [2.75, 3.05) is 6.54 Å². The van der Waals surface area contributed by atoms with E-state index < -0.39 is 18.1 Å². The Hall–Kier alpha value is -1.67. The van der Waals surface area contributed by atoms with Crippen molar-refractivity contribution in [1.82, 2.24) is 15.6 Å². The van der Waals surface area contributed by atoms with Gasteiger partial charge in [-0.3, -0.25) is 0 Å². The van der Waals surface area contributed by atoms with Crippen LogP contribution in [-0.4, -0.2) is 39.8 Å². The van der Waals surface area contributed by atoms with Gasteiger partial charge in [-0.05, 0) is 6.92 Å². The second-order valence-electron chi connectivity index (χ2n) is 3.63. The minimum Gasteiger partial charge on any atom is -0.479 e. The lowest BCUT2D eigenvalue weighted by molar-refractivity contribution is -0.146. The molecule has 1 rings (SSSR count). The van der Waals surface area contributed by atoms with Gasteiger partial charge in [0.15, 0.2) is 6.10 Å². The zero-order valence-corrected chi connectivity index (χ0v) is 10.7. The van der Waals surface area contributed by atoms with E-state index in [4.69, 9.17) is 10.2 Å². The van der Waals surface area contributed by atoms with Crippen molar-refractivity contribution < 1.29 is 19.8 Å². The largest absolute Gasteiger partial charge is 0.479 e. The highest BCUT2D eigenvalue weighted by Gasteiger charge is 2.12. The third-order valence-corrected chi connectivity index (χ3v) is 3.02. The van der Waals surface area contributed by atoms with Crippen LogP contribution in [0.1, 0.15) is 17.1 Å². The molecule has 1 atom stereocenters. The van der Waals surface area contributed by atoms with Crippen molar-refractivity contribution in [3.63, 3.8) is 0 Å². The molecule has 0 spiro atoms. The molecule has 2 amide bonds. The third kappa shape index (κ3) is 5.11. The summed E-state index contributed by atoms with van der Waals surface area (Å²) in [5.41, 5.74) is 0.904. The molecule has 8 heteroatoms. The molecule has 0 saturated carbocycles. The maximum atomic E-state index is 11.3. The van der Waals surface area contributed by atoms with Crippen LogP contribution < -0.4 is 10.6 Å². The molecular formula is C10H15N3O4S. The summed E-state index contributed by atoms with van der Waals surface area (Å²) in [4.78, 5) is 25.8.